The molecule has 2 aromatic heterocycles. The third-order valence-electron chi connectivity index (χ3n) is 3.13. The smallest absolute Gasteiger partial charge is 0.214 e. The molecule has 0 radical (unpaired) electrons. The van der Waals surface area contributed by atoms with Crippen LogP contribution in [0.25, 0.3) is 11.5 Å². The SMILES string of the molecule is Cc1c(C)n2/c(=C\C(=C=[N-])C#N)cc[n+]2c1C. The van der Waals surface area contributed by atoms with E-state index in [0.717, 1.165) is 16.7 Å². The van der Waals surface area contributed by atoms with Gasteiger partial charge in [-0.05, 0) is 19.9 Å². The molecular formula is C13H12N4. The van der Waals surface area contributed by atoms with Gasteiger partial charge in [-0.3, -0.25) is 5.87 Å². The molecule has 0 amide bonds. The van der Waals surface area contributed by atoms with Crippen LogP contribution in [0, 0.1) is 32.1 Å². The van der Waals surface area contributed by atoms with Gasteiger partial charge in [0.25, 0.3) is 0 Å². The molecule has 0 aliphatic carbocycles. The van der Waals surface area contributed by atoms with Gasteiger partial charge < -0.3 is 5.41 Å². The minimum Gasteiger partial charge on any atom is -0.762 e. The summed E-state index contributed by atoms with van der Waals surface area (Å²) in [6.07, 6.45) is 3.54. The highest BCUT2D eigenvalue weighted by molar-refractivity contribution is 5.78. The molecule has 0 atom stereocenters. The molecule has 17 heavy (non-hydrogen) atoms. The molecule has 0 aromatic carbocycles. The van der Waals surface area contributed by atoms with Gasteiger partial charge in [-0.2, -0.15) is 5.26 Å². The van der Waals surface area contributed by atoms with Crippen LogP contribution < -0.4 is 9.86 Å². The lowest BCUT2D eigenvalue weighted by Crippen LogP contribution is -2.32. The third-order valence-corrected chi connectivity index (χ3v) is 3.13. The first-order valence-corrected chi connectivity index (χ1v) is 5.28. The lowest BCUT2D eigenvalue weighted by molar-refractivity contribution is -0.620. The van der Waals surface area contributed by atoms with E-state index in [4.69, 9.17) is 10.7 Å². The second kappa shape index (κ2) is 3.89. The molecule has 2 heterocycles. The van der Waals surface area contributed by atoms with Crippen LogP contribution in [0.2, 0.25) is 0 Å². The number of hydrogen-bond donors (Lipinski definition) is 0. The molecule has 4 nitrogen and oxygen atoms in total. The normalized spacial score (nSPS) is 11.5. The fraction of sp³-hybridized carbons (Fsp3) is 0.231. The standard InChI is InChI=1S/C13H12N4/c1-9-10(2)16-5-4-13(17(16)11(9)3)6-12(7-14)8-15/h4-6H,1-3H3/b13-6-. The van der Waals surface area contributed by atoms with E-state index in [-0.39, 0.29) is 5.57 Å². The van der Waals surface area contributed by atoms with Crippen molar-refractivity contribution in [1.29, 1.82) is 5.26 Å². The van der Waals surface area contributed by atoms with Crippen molar-refractivity contribution >= 4 is 11.9 Å². The minimum absolute atomic E-state index is 0.113. The fourth-order valence-corrected chi connectivity index (χ4v) is 1.96. The van der Waals surface area contributed by atoms with Crippen LogP contribution in [0.1, 0.15) is 17.0 Å². The van der Waals surface area contributed by atoms with E-state index in [9.17, 15) is 0 Å². The number of fused-ring (bicyclic) bond motifs is 1. The van der Waals surface area contributed by atoms with Gasteiger partial charge in [0, 0.05) is 18.6 Å². The Morgan fingerprint density at radius 1 is 1.47 bits per heavy atom. The molecule has 0 unspecified atom stereocenters. The van der Waals surface area contributed by atoms with Crippen LogP contribution in [0.3, 0.4) is 0 Å². The number of allylic oxidation sites excluding steroid dienone is 1. The van der Waals surface area contributed by atoms with Crippen molar-refractivity contribution in [1.82, 2.24) is 4.52 Å². The summed E-state index contributed by atoms with van der Waals surface area (Å²) in [5, 5.41) is 18.4. The lowest BCUT2D eigenvalue weighted by atomic mass is 10.2. The number of hydrogen-bond acceptors (Lipinski definition) is 1. The average molecular weight is 224 g/mol. The Balaban J connectivity index is 2.87. The molecule has 84 valence electrons. The Hall–Kier alpha value is -2.37. The monoisotopic (exact) mass is 224 g/mol. The molecule has 2 aromatic rings. The van der Waals surface area contributed by atoms with Crippen molar-refractivity contribution in [2.45, 2.75) is 20.8 Å². The van der Waals surface area contributed by atoms with Gasteiger partial charge in [0.05, 0.1) is 11.3 Å². The van der Waals surface area contributed by atoms with E-state index >= 15 is 0 Å². The molecule has 0 bridgehead atoms. The maximum atomic E-state index is 8.77. The second-order valence-corrected chi connectivity index (χ2v) is 3.97. The summed E-state index contributed by atoms with van der Waals surface area (Å²) in [7, 11) is 0. The van der Waals surface area contributed by atoms with Crippen molar-refractivity contribution in [2.24, 2.45) is 0 Å². The molecule has 0 aliphatic heterocycles. The molecule has 0 saturated heterocycles. The van der Waals surface area contributed by atoms with E-state index in [0.29, 0.717) is 0 Å². The quantitative estimate of drug-likeness (QED) is 0.398. The summed E-state index contributed by atoms with van der Waals surface area (Å²) >= 11 is 0. The van der Waals surface area contributed by atoms with Crippen molar-refractivity contribution < 1.29 is 4.52 Å². The maximum absolute atomic E-state index is 8.77. The van der Waals surface area contributed by atoms with E-state index in [2.05, 4.69) is 6.92 Å². The van der Waals surface area contributed by atoms with Gasteiger partial charge in [-0.1, -0.05) is 4.52 Å². The van der Waals surface area contributed by atoms with Gasteiger partial charge in [0.1, 0.15) is 11.4 Å². The first kappa shape index (κ1) is 11.1. The minimum atomic E-state index is 0.113. The van der Waals surface area contributed by atoms with Gasteiger partial charge in [0.15, 0.2) is 0 Å². The summed E-state index contributed by atoms with van der Waals surface area (Å²) in [6, 6.07) is 3.77. The maximum Gasteiger partial charge on any atom is 0.214 e. The van der Waals surface area contributed by atoms with E-state index in [1.165, 1.54) is 5.56 Å². The third kappa shape index (κ3) is 1.54. The van der Waals surface area contributed by atoms with Crippen LogP contribution in [-0.4, -0.2) is 10.4 Å². The number of aryl methyl sites for hydroxylation is 2. The van der Waals surface area contributed by atoms with Crippen LogP contribution in [0.4, 0.5) is 0 Å². The van der Waals surface area contributed by atoms with Crippen LogP contribution >= 0.6 is 0 Å². The van der Waals surface area contributed by atoms with Gasteiger partial charge in [-0.25, -0.2) is 0 Å². The summed E-state index contributed by atoms with van der Waals surface area (Å²) in [6.45, 7) is 6.14. The predicted molar refractivity (Wildman–Crippen MR) is 64.4 cm³/mol. The molecule has 0 saturated carbocycles. The summed E-state index contributed by atoms with van der Waals surface area (Å²) in [4.78, 5) is 0. The fourth-order valence-electron chi connectivity index (χ4n) is 1.96. The number of nitriles is 1. The van der Waals surface area contributed by atoms with E-state index in [1.54, 1.807) is 6.08 Å². The largest absolute Gasteiger partial charge is 0.762 e. The summed E-state index contributed by atoms with van der Waals surface area (Å²) in [5.74, 6) is 1.87. The lowest BCUT2D eigenvalue weighted by Gasteiger charge is -1.87. The second-order valence-electron chi connectivity index (χ2n) is 3.97. The first-order chi connectivity index (χ1) is 8.10. The van der Waals surface area contributed by atoms with E-state index in [1.807, 2.05) is 47.1 Å². The van der Waals surface area contributed by atoms with Crippen molar-refractivity contribution in [3.63, 3.8) is 0 Å². The zero-order valence-corrected chi connectivity index (χ0v) is 10.0. The van der Waals surface area contributed by atoms with Crippen molar-refractivity contribution in [3.05, 3.63) is 45.5 Å². The van der Waals surface area contributed by atoms with Gasteiger partial charge >= 0.3 is 0 Å². The molecule has 0 N–H and O–H groups in total. The Morgan fingerprint density at radius 3 is 2.76 bits per heavy atom. The molecule has 0 fully saturated rings. The Labute approximate surface area is 99.2 Å². The molecule has 2 rings (SSSR count). The summed E-state index contributed by atoms with van der Waals surface area (Å²) in [5.41, 5.74) is 3.61. The van der Waals surface area contributed by atoms with Crippen LogP contribution in [0.15, 0.2) is 17.8 Å². The highest BCUT2D eigenvalue weighted by Gasteiger charge is 2.17. The zero-order chi connectivity index (χ0) is 12.6. The molecular weight excluding hydrogens is 212 g/mol. The Bertz CT molecular complexity index is 737. The van der Waals surface area contributed by atoms with Gasteiger partial charge in [-0.15, -0.1) is 4.52 Å². The molecule has 0 aliphatic rings. The Morgan fingerprint density at radius 2 is 2.18 bits per heavy atom. The average Bonchev–Trinajstić information content (AvgIpc) is 2.84. The molecule has 4 heteroatoms. The van der Waals surface area contributed by atoms with Crippen molar-refractivity contribution in [2.75, 3.05) is 0 Å². The van der Waals surface area contributed by atoms with Crippen LogP contribution in [-0.2, 0) is 0 Å². The molecule has 0 spiro atoms. The Kier molecular flexibility index (Phi) is 2.55. The first-order valence-electron chi connectivity index (χ1n) is 5.28. The number of rotatable bonds is 1. The van der Waals surface area contributed by atoms with Crippen molar-refractivity contribution in [3.8, 4) is 6.07 Å². The van der Waals surface area contributed by atoms with Gasteiger partial charge in [0.2, 0.25) is 11.9 Å². The number of aromatic nitrogens is 2. The highest BCUT2D eigenvalue weighted by atomic mass is 15.3. The zero-order valence-electron chi connectivity index (χ0n) is 10.0. The van der Waals surface area contributed by atoms with E-state index < -0.39 is 0 Å². The predicted octanol–water partition coefficient (Wildman–Crippen LogP) is 0.639. The summed E-state index contributed by atoms with van der Waals surface area (Å²) < 4.78 is 4.02. The highest BCUT2D eigenvalue weighted by Crippen LogP contribution is 2.06. The topological polar surface area (TPSA) is 54.6 Å². The van der Waals surface area contributed by atoms with Crippen LogP contribution in [0.5, 0.6) is 0 Å². The number of nitrogens with zero attached hydrogens (tertiary/aromatic N) is 4.